The number of aliphatic hydroxyl groups is 1. The average Bonchev–Trinajstić information content (AvgIpc) is 2.29. The van der Waals surface area contributed by atoms with Gasteiger partial charge in [0.2, 0.25) is 0 Å². The third-order valence-electron chi connectivity index (χ3n) is 2.45. The molecule has 2 unspecified atom stereocenters. The molecule has 15 heavy (non-hydrogen) atoms. The van der Waals surface area contributed by atoms with Crippen molar-refractivity contribution >= 4 is 11.8 Å². The van der Waals surface area contributed by atoms with E-state index in [9.17, 15) is 5.11 Å². The third kappa shape index (κ3) is 4.24. The molecule has 0 aromatic heterocycles. The van der Waals surface area contributed by atoms with Gasteiger partial charge in [-0.1, -0.05) is 30.3 Å². The van der Waals surface area contributed by atoms with Crippen molar-refractivity contribution < 1.29 is 5.11 Å². The van der Waals surface area contributed by atoms with Crippen LogP contribution >= 0.6 is 11.8 Å². The highest BCUT2D eigenvalue weighted by molar-refractivity contribution is 7.98. The van der Waals surface area contributed by atoms with Crippen LogP contribution in [0.4, 0.5) is 0 Å². The Labute approximate surface area is 95.9 Å². The molecular formula is C12H19NOS. The maximum atomic E-state index is 9.86. The predicted octanol–water partition coefficient (Wildman–Crippen LogP) is 2.19. The third-order valence-corrected chi connectivity index (χ3v) is 3.14. The van der Waals surface area contributed by atoms with E-state index in [1.807, 2.05) is 30.3 Å². The lowest BCUT2D eigenvalue weighted by Crippen LogP contribution is -2.26. The average molecular weight is 225 g/mol. The summed E-state index contributed by atoms with van der Waals surface area (Å²) in [7, 11) is 0. The summed E-state index contributed by atoms with van der Waals surface area (Å²) in [6.07, 6.45) is 3.43. The van der Waals surface area contributed by atoms with Gasteiger partial charge in [0.05, 0.1) is 12.1 Å². The molecule has 2 nitrogen and oxygen atoms in total. The molecule has 3 heteroatoms. The van der Waals surface area contributed by atoms with Crippen molar-refractivity contribution in [1.29, 1.82) is 0 Å². The lowest BCUT2D eigenvalue weighted by molar-refractivity contribution is 0.134. The molecule has 84 valence electrons. The summed E-state index contributed by atoms with van der Waals surface area (Å²) in [5.74, 6) is 1.08. The molecule has 0 radical (unpaired) electrons. The Morgan fingerprint density at radius 1 is 1.33 bits per heavy atom. The number of aliphatic hydroxyl groups excluding tert-OH is 1. The van der Waals surface area contributed by atoms with Gasteiger partial charge in [-0.2, -0.15) is 11.8 Å². The normalized spacial score (nSPS) is 14.9. The summed E-state index contributed by atoms with van der Waals surface area (Å²) in [4.78, 5) is 0. The molecule has 3 N–H and O–H groups in total. The van der Waals surface area contributed by atoms with Crippen LogP contribution in [0.15, 0.2) is 30.3 Å². The van der Waals surface area contributed by atoms with Gasteiger partial charge in [0.25, 0.3) is 0 Å². The number of hydrogen-bond acceptors (Lipinski definition) is 3. The minimum Gasteiger partial charge on any atom is -0.391 e. The zero-order chi connectivity index (χ0) is 11.1. The second kappa shape index (κ2) is 6.88. The van der Waals surface area contributed by atoms with Crippen LogP contribution < -0.4 is 5.73 Å². The van der Waals surface area contributed by atoms with Crippen LogP contribution in [0.3, 0.4) is 0 Å². The molecule has 0 saturated heterocycles. The van der Waals surface area contributed by atoms with Crippen molar-refractivity contribution in [1.82, 2.24) is 0 Å². The maximum Gasteiger partial charge on any atom is 0.0733 e. The first-order chi connectivity index (χ1) is 7.25. The Kier molecular flexibility index (Phi) is 5.76. The molecular weight excluding hydrogens is 206 g/mol. The molecule has 1 rings (SSSR count). The first-order valence-electron chi connectivity index (χ1n) is 5.23. The van der Waals surface area contributed by atoms with Crippen LogP contribution in [0.2, 0.25) is 0 Å². The largest absolute Gasteiger partial charge is 0.391 e. The van der Waals surface area contributed by atoms with E-state index < -0.39 is 6.10 Å². The molecule has 0 aliphatic heterocycles. The monoisotopic (exact) mass is 225 g/mol. The molecule has 0 fully saturated rings. The van der Waals surface area contributed by atoms with Gasteiger partial charge in [0.15, 0.2) is 0 Å². The molecule has 0 amide bonds. The minimum atomic E-state index is -0.431. The highest BCUT2D eigenvalue weighted by Gasteiger charge is 2.15. The van der Waals surface area contributed by atoms with E-state index in [0.29, 0.717) is 0 Å². The van der Waals surface area contributed by atoms with E-state index in [2.05, 4.69) is 6.26 Å². The van der Waals surface area contributed by atoms with Gasteiger partial charge in [0, 0.05) is 0 Å². The maximum absolute atomic E-state index is 9.86. The van der Waals surface area contributed by atoms with Crippen molar-refractivity contribution in [3.05, 3.63) is 35.9 Å². The summed E-state index contributed by atoms with van der Waals surface area (Å²) in [6, 6.07) is 9.52. The number of hydrogen-bond donors (Lipinski definition) is 2. The van der Waals surface area contributed by atoms with Crippen molar-refractivity contribution in [3.8, 4) is 0 Å². The van der Waals surface area contributed by atoms with Crippen molar-refractivity contribution in [3.63, 3.8) is 0 Å². The second-order valence-electron chi connectivity index (χ2n) is 3.64. The van der Waals surface area contributed by atoms with E-state index >= 15 is 0 Å². The quantitative estimate of drug-likeness (QED) is 0.730. The minimum absolute atomic E-state index is 0.256. The fraction of sp³-hybridized carbons (Fsp3) is 0.500. The lowest BCUT2D eigenvalue weighted by atomic mass is 9.99. The summed E-state index contributed by atoms with van der Waals surface area (Å²) in [6.45, 7) is 0. The molecule has 1 aromatic rings. The Hall–Kier alpha value is -0.510. The van der Waals surface area contributed by atoms with Crippen molar-refractivity contribution in [2.24, 2.45) is 5.73 Å². The van der Waals surface area contributed by atoms with Crippen LogP contribution in [-0.4, -0.2) is 23.2 Å². The molecule has 0 aliphatic rings. The predicted molar refractivity (Wildman–Crippen MR) is 67.0 cm³/mol. The SMILES string of the molecule is CSCCCC(O)C(N)c1ccccc1. The molecule has 0 spiro atoms. The van der Waals surface area contributed by atoms with Crippen LogP contribution in [0, 0.1) is 0 Å². The van der Waals surface area contributed by atoms with E-state index in [4.69, 9.17) is 5.73 Å². The standard InChI is InChI=1S/C12H19NOS/c1-15-9-5-8-11(14)12(13)10-6-3-2-4-7-10/h2-4,6-7,11-12,14H,5,8-9,13H2,1H3. The zero-order valence-corrected chi connectivity index (χ0v) is 9.91. The summed E-state index contributed by atoms with van der Waals surface area (Å²) in [5, 5.41) is 9.86. The lowest BCUT2D eigenvalue weighted by Gasteiger charge is -2.18. The van der Waals surface area contributed by atoms with E-state index in [0.717, 1.165) is 24.2 Å². The Morgan fingerprint density at radius 2 is 2.00 bits per heavy atom. The Bertz CT molecular complexity index is 266. The van der Waals surface area contributed by atoms with E-state index in [1.54, 1.807) is 11.8 Å². The summed E-state index contributed by atoms with van der Waals surface area (Å²) >= 11 is 1.80. The topological polar surface area (TPSA) is 46.2 Å². The summed E-state index contributed by atoms with van der Waals surface area (Å²) < 4.78 is 0. The molecule has 2 atom stereocenters. The molecule has 0 aliphatic carbocycles. The second-order valence-corrected chi connectivity index (χ2v) is 4.62. The van der Waals surface area contributed by atoms with Crippen molar-refractivity contribution in [2.75, 3.05) is 12.0 Å². The summed E-state index contributed by atoms with van der Waals surface area (Å²) in [5.41, 5.74) is 6.97. The Morgan fingerprint density at radius 3 is 2.60 bits per heavy atom. The van der Waals surface area contributed by atoms with Crippen LogP contribution in [0.5, 0.6) is 0 Å². The van der Waals surface area contributed by atoms with Gasteiger partial charge in [0.1, 0.15) is 0 Å². The molecule has 1 aromatic carbocycles. The van der Waals surface area contributed by atoms with Crippen LogP contribution in [0.1, 0.15) is 24.4 Å². The number of benzene rings is 1. The number of nitrogens with two attached hydrogens (primary N) is 1. The van der Waals surface area contributed by atoms with Crippen LogP contribution in [0.25, 0.3) is 0 Å². The highest BCUT2D eigenvalue weighted by atomic mass is 32.2. The first-order valence-corrected chi connectivity index (χ1v) is 6.62. The molecule has 0 heterocycles. The fourth-order valence-electron chi connectivity index (χ4n) is 1.51. The highest BCUT2D eigenvalue weighted by Crippen LogP contribution is 2.17. The van der Waals surface area contributed by atoms with Gasteiger partial charge in [-0.15, -0.1) is 0 Å². The van der Waals surface area contributed by atoms with Gasteiger partial charge in [-0.25, -0.2) is 0 Å². The molecule has 0 bridgehead atoms. The van der Waals surface area contributed by atoms with Gasteiger partial charge in [-0.05, 0) is 30.4 Å². The first kappa shape index (κ1) is 12.6. The van der Waals surface area contributed by atoms with Crippen LogP contribution in [-0.2, 0) is 0 Å². The smallest absolute Gasteiger partial charge is 0.0733 e. The van der Waals surface area contributed by atoms with Gasteiger partial charge in [-0.3, -0.25) is 0 Å². The Balaban J connectivity index is 2.42. The number of rotatable bonds is 6. The number of thioether (sulfide) groups is 1. The van der Waals surface area contributed by atoms with Gasteiger partial charge >= 0.3 is 0 Å². The zero-order valence-electron chi connectivity index (χ0n) is 9.10. The fourth-order valence-corrected chi connectivity index (χ4v) is 1.97. The van der Waals surface area contributed by atoms with Crippen molar-refractivity contribution in [2.45, 2.75) is 25.0 Å². The van der Waals surface area contributed by atoms with E-state index in [-0.39, 0.29) is 6.04 Å². The van der Waals surface area contributed by atoms with Gasteiger partial charge < -0.3 is 10.8 Å². The molecule has 0 saturated carbocycles. The van der Waals surface area contributed by atoms with E-state index in [1.165, 1.54) is 0 Å².